The second-order valence-corrected chi connectivity index (χ2v) is 6.11. The average molecular weight is 288 g/mol. The van der Waals surface area contributed by atoms with Crippen molar-refractivity contribution in [3.63, 3.8) is 0 Å². The summed E-state index contributed by atoms with van der Waals surface area (Å²) in [7, 11) is 1.42. The van der Waals surface area contributed by atoms with Crippen LogP contribution in [-0.2, 0) is 11.3 Å². The third-order valence-corrected chi connectivity index (χ3v) is 4.67. The van der Waals surface area contributed by atoms with Gasteiger partial charge < -0.3 is 4.74 Å². The molecule has 0 spiro atoms. The van der Waals surface area contributed by atoms with Gasteiger partial charge >= 0.3 is 5.97 Å². The van der Waals surface area contributed by atoms with Crippen LogP contribution in [0.5, 0.6) is 0 Å². The number of hydrogen-bond donors (Lipinski definition) is 0. The Bertz CT molecular complexity index is 486. The van der Waals surface area contributed by atoms with E-state index in [0.717, 1.165) is 12.6 Å². The highest BCUT2D eigenvalue weighted by atomic mass is 16.5. The van der Waals surface area contributed by atoms with E-state index in [1.807, 2.05) is 24.3 Å². The molecule has 4 nitrogen and oxygen atoms in total. The van der Waals surface area contributed by atoms with Gasteiger partial charge in [-0.25, -0.2) is 4.79 Å². The van der Waals surface area contributed by atoms with Crippen LogP contribution in [0.1, 0.15) is 35.2 Å². The first-order valence-electron chi connectivity index (χ1n) is 7.90. The Kier molecular flexibility index (Phi) is 4.56. The minimum Gasteiger partial charge on any atom is -0.465 e. The average Bonchev–Trinajstić information content (AvgIpc) is 2.86. The molecule has 4 heteroatoms. The van der Waals surface area contributed by atoms with Crippen LogP contribution in [0.2, 0.25) is 0 Å². The number of nitrogens with zero attached hydrogens (tertiary/aromatic N) is 2. The molecule has 21 heavy (non-hydrogen) atoms. The fourth-order valence-corrected chi connectivity index (χ4v) is 3.55. The van der Waals surface area contributed by atoms with Crippen molar-refractivity contribution < 1.29 is 9.53 Å². The lowest BCUT2D eigenvalue weighted by molar-refractivity contribution is 0.0600. The van der Waals surface area contributed by atoms with E-state index in [9.17, 15) is 4.79 Å². The van der Waals surface area contributed by atoms with Gasteiger partial charge in [0.25, 0.3) is 0 Å². The molecule has 0 aromatic heterocycles. The van der Waals surface area contributed by atoms with Gasteiger partial charge in [0, 0.05) is 19.1 Å². The Labute approximate surface area is 126 Å². The van der Waals surface area contributed by atoms with E-state index < -0.39 is 0 Å². The van der Waals surface area contributed by atoms with Gasteiger partial charge in [0.2, 0.25) is 0 Å². The topological polar surface area (TPSA) is 32.8 Å². The summed E-state index contributed by atoms with van der Waals surface area (Å²) in [6.07, 6.45) is 3.96. The molecule has 1 aromatic carbocycles. The summed E-state index contributed by atoms with van der Waals surface area (Å²) in [5.74, 6) is -0.266. The van der Waals surface area contributed by atoms with Crippen LogP contribution in [0.4, 0.5) is 0 Å². The molecule has 0 radical (unpaired) electrons. The Hall–Kier alpha value is -1.39. The molecule has 0 aliphatic carbocycles. The van der Waals surface area contributed by atoms with Crippen LogP contribution < -0.4 is 0 Å². The highest BCUT2D eigenvalue weighted by Gasteiger charge is 2.28. The summed E-state index contributed by atoms with van der Waals surface area (Å²) in [6, 6.07) is 8.57. The molecule has 2 saturated heterocycles. The maximum absolute atomic E-state index is 11.4. The molecular weight excluding hydrogens is 264 g/mol. The van der Waals surface area contributed by atoms with E-state index >= 15 is 0 Å². The molecule has 0 saturated carbocycles. The number of hydrogen-bond acceptors (Lipinski definition) is 4. The molecule has 2 aliphatic heterocycles. The third kappa shape index (κ3) is 3.44. The zero-order valence-corrected chi connectivity index (χ0v) is 12.8. The fourth-order valence-electron chi connectivity index (χ4n) is 3.55. The molecule has 1 atom stereocenters. The van der Waals surface area contributed by atoms with Crippen molar-refractivity contribution in [3.05, 3.63) is 35.4 Å². The first-order valence-corrected chi connectivity index (χ1v) is 7.90. The van der Waals surface area contributed by atoms with Gasteiger partial charge in [0.15, 0.2) is 0 Å². The molecule has 2 aliphatic rings. The zero-order valence-electron chi connectivity index (χ0n) is 12.8. The minimum absolute atomic E-state index is 0.266. The Morgan fingerprint density at radius 1 is 1.19 bits per heavy atom. The van der Waals surface area contributed by atoms with E-state index in [1.165, 1.54) is 58.1 Å². The molecule has 114 valence electrons. The Morgan fingerprint density at radius 3 is 2.71 bits per heavy atom. The summed E-state index contributed by atoms with van der Waals surface area (Å²) < 4.78 is 4.74. The number of ether oxygens (including phenoxy) is 1. The number of rotatable bonds is 3. The smallest absolute Gasteiger partial charge is 0.337 e. The predicted molar refractivity (Wildman–Crippen MR) is 82.3 cm³/mol. The van der Waals surface area contributed by atoms with E-state index in [2.05, 4.69) is 9.80 Å². The van der Waals surface area contributed by atoms with Gasteiger partial charge in [-0.1, -0.05) is 12.1 Å². The van der Waals surface area contributed by atoms with Gasteiger partial charge in [-0.3, -0.25) is 9.80 Å². The predicted octanol–water partition coefficient (Wildman–Crippen LogP) is 2.14. The van der Waals surface area contributed by atoms with E-state index in [4.69, 9.17) is 4.74 Å². The largest absolute Gasteiger partial charge is 0.465 e. The second-order valence-electron chi connectivity index (χ2n) is 6.11. The third-order valence-electron chi connectivity index (χ3n) is 4.67. The Morgan fingerprint density at radius 2 is 1.95 bits per heavy atom. The van der Waals surface area contributed by atoms with Gasteiger partial charge in [-0.05, 0) is 56.6 Å². The van der Waals surface area contributed by atoms with Crippen molar-refractivity contribution in [2.75, 3.05) is 33.3 Å². The molecule has 1 aromatic rings. The molecule has 0 amide bonds. The van der Waals surface area contributed by atoms with E-state index in [0.29, 0.717) is 5.56 Å². The van der Waals surface area contributed by atoms with Gasteiger partial charge in [0.05, 0.1) is 12.7 Å². The summed E-state index contributed by atoms with van der Waals surface area (Å²) in [5.41, 5.74) is 1.90. The minimum atomic E-state index is -0.266. The Balaban J connectivity index is 1.61. The normalized spacial score (nSPS) is 23.6. The second kappa shape index (κ2) is 6.58. The number of benzene rings is 1. The molecular formula is C17H24N2O2. The zero-order chi connectivity index (χ0) is 14.7. The SMILES string of the molecule is COC(=O)c1ccc(CN2CCCN3CCCC3C2)cc1. The summed E-state index contributed by atoms with van der Waals surface area (Å²) in [4.78, 5) is 16.7. The molecule has 2 fully saturated rings. The van der Waals surface area contributed by atoms with Crippen molar-refractivity contribution in [2.45, 2.75) is 31.8 Å². The van der Waals surface area contributed by atoms with Gasteiger partial charge in [0.1, 0.15) is 0 Å². The number of carbonyl (C=O) groups excluding carboxylic acids is 1. The van der Waals surface area contributed by atoms with Crippen molar-refractivity contribution in [3.8, 4) is 0 Å². The fraction of sp³-hybridized carbons (Fsp3) is 0.588. The van der Waals surface area contributed by atoms with Crippen LogP contribution in [0.25, 0.3) is 0 Å². The lowest BCUT2D eigenvalue weighted by Crippen LogP contribution is -2.36. The maximum Gasteiger partial charge on any atom is 0.337 e. The molecule has 1 unspecified atom stereocenters. The van der Waals surface area contributed by atoms with Crippen molar-refractivity contribution in [1.29, 1.82) is 0 Å². The molecule has 2 heterocycles. The monoisotopic (exact) mass is 288 g/mol. The number of carbonyl (C=O) groups is 1. The first kappa shape index (κ1) is 14.5. The highest BCUT2D eigenvalue weighted by molar-refractivity contribution is 5.89. The first-order chi connectivity index (χ1) is 10.3. The lowest BCUT2D eigenvalue weighted by Gasteiger charge is -2.25. The number of fused-ring (bicyclic) bond motifs is 1. The van der Waals surface area contributed by atoms with Crippen LogP contribution in [0.15, 0.2) is 24.3 Å². The van der Waals surface area contributed by atoms with Crippen LogP contribution in [0.3, 0.4) is 0 Å². The van der Waals surface area contributed by atoms with Crippen LogP contribution in [-0.4, -0.2) is 55.1 Å². The summed E-state index contributed by atoms with van der Waals surface area (Å²) >= 11 is 0. The quantitative estimate of drug-likeness (QED) is 0.798. The molecule has 3 rings (SSSR count). The molecule has 0 N–H and O–H groups in total. The van der Waals surface area contributed by atoms with Crippen molar-refractivity contribution in [2.24, 2.45) is 0 Å². The standard InChI is InChI=1S/C17H24N2O2/c1-21-17(20)15-7-5-14(6-8-15)12-18-9-3-11-19-10-2-4-16(19)13-18/h5-8,16H,2-4,9-13H2,1H3. The van der Waals surface area contributed by atoms with Crippen LogP contribution >= 0.6 is 0 Å². The summed E-state index contributed by atoms with van der Waals surface area (Å²) in [6.45, 7) is 5.87. The summed E-state index contributed by atoms with van der Waals surface area (Å²) in [5, 5.41) is 0. The van der Waals surface area contributed by atoms with E-state index in [-0.39, 0.29) is 5.97 Å². The number of methoxy groups -OCH3 is 1. The van der Waals surface area contributed by atoms with Crippen molar-refractivity contribution in [1.82, 2.24) is 9.80 Å². The highest BCUT2D eigenvalue weighted by Crippen LogP contribution is 2.22. The maximum atomic E-state index is 11.4. The van der Waals surface area contributed by atoms with Gasteiger partial charge in [-0.15, -0.1) is 0 Å². The van der Waals surface area contributed by atoms with Crippen LogP contribution in [0, 0.1) is 0 Å². The van der Waals surface area contributed by atoms with E-state index in [1.54, 1.807) is 0 Å². The lowest BCUT2D eigenvalue weighted by atomic mass is 10.1. The molecule has 0 bridgehead atoms. The number of esters is 1. The van der Waals surface area contributed by atoms with Gasteiger partial charge in [-0.2, -0.15) is 0 Å². The van der Waals surface area contributed by atoms with Crippen molar-refractivity contribution >= 4 is 5.97 Å².